The van der Waals surface area contributed by atoms with E-state index in [0.29, 0.717) is 0 Å². The molecule has 1 aliphatic carbocycles. The van der Waals surface area contributed by atoms with Crippen LogP contribution in [0, 0.1) is 0 Å². The molecule has 2 rings (SSSR count). The number of aryl methyl sites for hydroxylation is 1. The lowest BCUT2D eigenvalue weighted by Gasteiger charge is -2.18. The fraction of sp³-hybridized carbons (Fsp3) is 0.273. The highest BCUT2D eigenvalue weighted by atomic mass is 79.9. The van der Waals surface area contributed by atoms with Crippen LogP contribution in [0.15, 0.2) is 33.2 Å². The molecule has 1 aromatic rings. The Morgan fingerprint density at radius 3 is 2.31 bits per heavy atom. The van der Waals surface area contributed by atoms with Gasteiger partial charge in [0.1, 0.15) is 0 Å². The van der Waals surface area contributed by atoms with Gasteiger partial charge in [-0.2, -0.15) is 0 Å². The molecule has 1 aliphatic rings. The first kappa shape index (κ1) is 9.47. The molecule has 0 aliphatic heterocycles. The third kappa shape index (κ3) is 1.89. The first-order chi connectivity index (χ1) is 6.16. The van der Waals surface area contributed by atoms with E-state index in [1.54, 1.807) is 0 Å². The van der Waals surface area contributed by atoms with Gasteiger partial charge in [0.25, 0.3) is 0 Å². The number of rotatable bonds is 0. The van der Waals surface area contributed by atoms with Crippen molar-refractivity contribution in [1.29, 1.82) is 0 Å². The second kappa shape index (κ2) is 3.58. The number of fused-ring (bicyclic) bond motifs is 1. The van der Waals surface area contributed by atoms with Crippen molar-refractivity contribution in [3.05, 3.63) is 44.4 Å². The van der Waals surface area contributed by atoms with Crippen LogP contribution < -0.4 is 0 Å². The molecule has 0 radical (unpaired) electrons. The lowest BCUT2D eigenvalue weighted by molar-refractivity contribution is 0.839. The zero-order chi connectivity index (χ0) is 9.42. The maximum Gasteiger partial charge on any atom is 0.0320 e. The summed E-state index contributed by atoms with van der Waals surface area (Å²) in [5, 5.41) is 0. The summed E-state index contributed by atoms with van der Waals surface area (Å²) in [6.07, 6.45) is 3.32. The summed E-state index contributed by atoms with van der Waals surface area (Å²) in [6.45, 7) is 4.04. The van der Waals surface area contributed by atoms with Gasteiger partial charge in [0.05, 0.1) is 0 Å². The molecule has 0 saturated carbocycles. The van der Waals surface area contributed by atoms with E-state index < -0.39 is 0 Å². The Hall–Kier alpha value is -0.0800. The van der Waals surface area contributed by atoms with Crippen molar-refractivity contribution in [3.8, 4) is 0 Å². The number of allylic oxidation sites excluding steroid dienone is 1. The minimum absolute atomic E-state index is 1.04. The van der Waals surface area contributed by atoms with Crippen molar-refractivity contribution in [1.82, 2.24) is 0 Å². The fourth-order valence-corrected chi connectivity index (χ4v) is 2.48. The Morgan fingerprint density at radius 1 is 1.00 bits per heavy atom. The van der Waals surface area contributed by atoms with Crippen molar-refractivity contribution in [2.75, 3.05) is 0 Å². The molecule has 68 valence electrons. The molecular weight excluding hydrogens is 292 g/mol. The van der Waals surface area contributed by atoms with Gasteiger partial charge < -0.3 is 0 Å². The Kier molecular flexibility index (Phi) is 2.61. The van der Waals surface area contributed by atoms with E-state index in [1.165, 1.54) is 16.7 Å². The van der Waals surface area contributed by atoms with E-state index in [9.17, 15) is 0 Å². The zero-order valence-electron chi connectivity index (χ0n) is 7.24. The van der Waals surface area contributed by atoms with Crippen LogP contribution in [0.2, 0.25) is 0 Å². The molecule has 13 heavy (non-hydrogen) atoms. The lowest BCUT2D eigenvalue weighted by atomic mass is 9.89. The van der Waals surface area contributed by atoms with Crippen molar-refractivity contribution in [3.63, 3.8) is 0 Å². The molecule has 0 N–H and O–H groups in total. The van der Waals surface area contributed by atoms with Gasteiger partial charge in [-0.15, -0.1) is 0 Å². The Morgan fingerprint density at radius 2 is 1.62 bits per heavy atom. The second-order valence-electron chi connectivity index (χ2n) is 3.46. The summed E-state index contributed by atoms with van der Waals surface area (Å²) >= 11 is 7.04. The molecule has 2 heteroatoms. The predicted molar refractivity (Wildman–Crippen MR) is 63.0 cm³/mol. The largest absolute Gasteiger partial charge is 0.0995 e. The van der Waals surface area contributed by atoms with Crippen LogP contribution in [0.3, 0.4) is 0 Å². The zero-order valence-corrected chi connectivity index (χ0v) is 10.4. The highest BCUT2D eigenvalue weighted by Crippen LogP contribution is 2.32. The molecule has 0 fully saturated rings. The Bertz CT molecular complexity index is 367. The number of halogens is 2. The van der Waals surface area contributed by atoms with Crippen LogP contribution in [0.5, 0.6) is 0 Å². The summed E-state index contributed by atoms with van der Waals surface area (Å²) in [5.74, 6) is 0. The van der Waals surface area contributed by atoms with Gasteiger partial charge in [-0.05, 0) is 74.4 Å². The molecule has 0 atom stereocenters. The lowest BCUT2D eigenvalue weighted by Crippen LogP contribution is -2.04. The number of hydrogen-bond acceptors (Lipinski definition) is 0. The van der Waals surface area contributed by atoms with Gasteiger partial charge in [0.15, 0.2) is 0 Å². The fourth-order valence-electron chi connectivity index (χ4n) is 1.70. The molecule has 0 aromatic heterocycles. The second-order valence-corrected chi connectivity index (χ2v) is 5.17. The highest BCUT2D eigenvalue weighted by molar-refractivity contribution is 9.13. The molecule has 0 unspecified atom stereocenters. The van der Waals surface area contributed by atoms with Crippen LogP contribution in [-0.4, -0.2) is 0 Å². The molecule has 0 amide bonds. The van der Waals surface area contributed by atoms with E-state index in [-0.39, 0.29) is 0 Å². The standard InChI is InChI=1S/C11H10Br2/c1-7-2-3-8-5-10(12)11(13)6-9(8)4-7/h5-6H,1-4H2. The summed E-state index contributed by atoms with van der Waals surface area (Å²) in [5.41, 5.74) is 4.23. The predicted octanol–water partition coefficient (Wildman–Crippen LogP) is 4.26. The van der Waals surface area contributed by atoms with Gasteiger partial charge in [-0.1, -0.05) is 12.2 Å². The van der Waals surface area contributed by atoms with Gasteiger partial charge >= 0.3 is 0 Å². The third-order valence-corrected chi connectivity index (χ3v) is 4.28. The van der Waals surface area contributed by atoms with E-state index in [0.717, 1.165) is 28.2 Å². The molecule has 0 bridgehead atoms. The smallest absolute Gasteiger partial charge is 0.0320 e. The number of benzene rings is 1. The summed E-state index contributed by atoms with van der Waals surface area (Å²) < 4.78 is 2.29. The van der Waals surface area contributed by atoms with E-state index in [1.807, 2.05) is 0 Å². The quantitative estimate of drug-likeness (QED) is 0.628. The van der Waals surface area contributed by atoms with Crippen LogP contribution in [-0.2, 0) is 12.8 Å². The molecule has 0 saturated heterocycles. The molecular formula is C11H10Br2. The topological polar surface area (TPSA) is 0 Å². The number of hydrogen-bond donors (Lipinski definition) is 0. The van der Waals surface area contributed by atoms with E-state index in [4.69, 9.17) is 0 Å². The highest BCUT2D eigenvalue weighted by Gasteiger charge is 2.13. The summed E-state index contributed by atoms with van der Waals surface area (Å²) in [6, 6.07) is 4.41. The maximum absolute atomic E-state index is 4.04. The van der Waals surface area contributed by atoms with E-state index >= 15 is 0 Å². The third-order valence-electron chi connectivity index (χ3n) is 2.43. The summed E-state index contributed by atoms with van der Waals surface area (Å²) in [4.78, 5) is 0. The van der Waals surface area contributed by atoms with Crippen molar-refractivity contribution in [2.24, 2.45) is 0 Å². The van der Waals surface area contributed by atoms with Crippen LogP contribution in [0.4, 0.5) is 0 Å². The minimum Gasteiger partial charge on any atom is -0.0995 e. The normalized spacial score (nSPS) is 15.7. The average molecular weight is 302 g/mol. The van der Waals surface area contributed by atoms with Crippen molar-refractivity contribution < 1.29 is 0 Å². The maximum atomic E-state index is 4.04. The van der Waals surface area contributed by atoms with Crippen LogP contribution >= 0.6 is 31.9 Å². The van der Waals surface area contributed by atoms with Gasteiger partial charge in [-0.3, -0.25) is 0 Å². The molecule has 0 heterocycles. The van der Waals surface area contributed by atoms with Crippen molar-refractivity contribution >= 4 is 31.9 Å². The van der Waals surface area contributed by atoms with Crippen LogP contribution in [0.1, 0.15) is 17.5 Å². The Labute approximate surface area is 95.3 Å². The van der Waals surface area contributed by atoms with Gasteiger partial charge in [-0.25, -0.2) is 0 Å². The van der Waals surface area contributed by atoms with Gasteiger partial charge in [0, 0.05) is 8.95 Å². The minimum atomic E-state index is 1.04. The first-order valence-electron chi connectivity index (χ1n) is 4.30. The molecule has 0 spiro atoms. The summed E-state index contributed by atoms with van der Waals surface area (Å²) in [7, 11) is 0. The first-order valence-corrected chi connectivity index (χ1v) is 5.89. The van der Waals surface area contributed by atoms with E-state index in [2.05, 4.69) is 50.6 Å². The van der Waals surface area contributed by atoms with Gasteiger partial charge in [0.2, 0.25) is 0 Å². The average Bonchev–Trinajstić information content (AvgIpc) is 2.08. The molecule has 1 aromatic carbocycles. The van der Waals surface area contributed by atoms with Crippen molar-refractivity contribution in [2.45, 2.75) is 19.3 Å². The van der Waals surface area contributed by atoms with Crippen LogP contribution in [0.25, 0.3) is 0 Å². The SMILES string of the molecule is C=C1CCc2cc(Br)c(Br)cc2C1. The Balaban J connectivity index is 2.49. The monoisotopic (exact) mass is 300 g/mol. The molecule has 0 nitrogen and oxygen atoms in total.